The van der Waals surface area contributed by atoms with Crippen LogP contribution in [0.15, 0.2) is 42.5 Å². The molecule has 0 fully saturated rings. The zero-order valence-electron chi connectivity index (χ0n) is 7.81. The minimum atomic E-state index is -0.453. The van der Waals surface area contributed by atoms with Crippen LogP contribution in [0.1, 0.15) is 0 Å². The van der Waals surface area contributed by atoms with Gasteiger partial charge in [-0.3, -0.25) is 0 Å². The van der Waals surface area contributed by atoms with Gasteiger partial charge in [0, 0.05) is 11.1 Å². The maximum Gasteiger partial charge on any atom is 0.124 e. The Morgan fingerprint density at radius 3 is 2.20 bits per heavy atom. The third kappa shape index (κ3) is 1.76. The Labute approximate surface area is 86.2 Å². The predicted octanol–water partition coefficient (Wildman–Crippen LogP) is 2.90. The quantitative estimate of drug-likeness (QED) is 0.749. The van der Waals surface area contributed by atoms with Crippen molar-refractivity contribution >= 4 is 0 Å². The van der Waals surface area contributed by atoms with E-state index >= 15 is 0 Å². The molecule has 76 valence electrons. The lowest BCUT2D eigenvalue weighted by Gasteiger charge is -2.06. The van der Waals surface area contributed by atoms with Gasteiger partial charge in [0.05, 0.1) is 0 Å². The summed E-state index contributed by atoms with van der Waals surface area (Å²) in [6.45, 7) is 0. The molecule has 15 heavy (non-hydrogen) atoms. The highest BCUT2D eigenvalue weighted by molar-refractivity contribution is 5.75. The molecule has 2 aromatic rings. The molecule has 0 radical (unpaired) electrons. The maximum atomic E-state index is 13.0. The Morgan fingerprint density at radius 2 is 1.47 bits per heavy atom. The number of halogens is 1. The van der Waals surface area contributed by atoms with Crippen LogP contribution in [-0.2, 0) is 0 Å². The lowest BCUT2D eigenvalue weighted by molar-refractivity contribution is 0.468. The number of phenols is 2. The topological polar surface area (TPSA) is 40.5 Å². The first-order valence-corrected chi connectivity index (χ1v) is 4.45. The normalized spacial score (nSPS) is 10.2. The SMILES string of the molecule is Oc1ccccc1-c1cc(F)ccc1O. The van der Waals surface area contributed by atoms with Crippen LogP contribution in [0.2, 0.25) is 0 Å². The fourth-order valence-corrected chi connectivity index (χ4v) is 1.43. The third-order valence-electron chi connectivity index (χ3n) is 2.15. The molecule has 0 saturated heterocycles. The molecule has 0 amide bonds. The third-order valence-corrected chi connectivity index (χ3v) is 2.15. The van der Waals surface area contributed by atoms with Crippen LogP contribution in [-0.4, -0.2) is 10.2 Å². The predicted molar refractivity (Wildman–Crippen MR) is 55.2 cm³/mol. The molecular weight excluding hydrogens is 195 g/mol. The number of phenolic OH excluding ortho intramolecular Hbond substituents is 2. The van der Waals surface area contributed by atoms with Gasteiger partial charge >= 0.3 is 0 Å². The monoisotopic (exact) mass is 204 g/mol. The summed E-state index contributed by atoms with van der Waals surface area (Å²) in [6.07, 6.45) is 0. The largest absolute Gasteiger partial charge is 0.507 e. The van der Waals surface area contributed by atoms with Crippen molar-refractivity contribution in [1.29, 1.82) is 0 Å². The molecular formula is C12H9FO2. The zero-order chi connectivity index (χ0) is 10.8. The van der Waals surface area contributed by atoms with E-state index in [1.54, 1.807) is 18.2 Å². The Hall–Kier alpha value is -2.03. The first-order chi connectivity index (χ1) is 7.18. The van der Waals surface area contributed by atoms with Gasteiger partial charge in [-0.25, -0.2) is 4.39 Å². The Bertz CT molecular complexity index is 495. The molecule has 0 aromatic heterocycles. The van der Waals surface area contributed by atoms with Crippen LogP contribution < -0.4 is 0 Å². The molecule has 0 aliphatic heterocycles. The van der Waals surface area contributed by atoms with Crippen LogP contribution in [0.4, 0.5) is 4.39 Å². The lowest BCUT2D eigenvalue weighted by Crippen LogP contribution is -1.82. The average Bonchev–Trinajstić information content (AvgIpc) is 2.23. The smallest absolute Gasteiger partial charge is 0.124 e. The second-order valence-corrected chi connectivity index (χ2v) is 3.18. The van der Waals surface area contributed by atoms with E-state index in [0.717, 1.165) is 0 Å². The van der Waals surface area contributed by atoms with Crippen LogP contribution in [0.3, 0.4) is 0 Å². The molecule has 0 saturated carbocycles. The number of benzene rings is 2. The maximum absolute atomic E-state index is 13.0. The van der Waals surface area contributed by atoms with Crippen molar-refractivity contribution in [3.8, 4) is 22.6 Å². The summed E-state index contributed by atoms with van der Waals surface area (Å²) < 4.78 is 13.0. The highest BCUT2D eigenvalue weighted by Crippen LogP contribution is 2.35. The summed E-state index contributed by atoms with van der Waals surface area (Å²) >= 11 is 0. The van der Waals surface area contributed by atoms with Crippen LogP contribution in [0.5, 0.6) is 11.5 Å². The first kappa shape index (κ1) is 9.52. The van der Waals surface area contributed by atoms with Gasteiger partial charge < -0.3 is 10.2 Å². The minimum Gasteiger partial charge on any atom is -0.507 e. The molecule has 0 heterocycles. The van der Waals surface area contributed by atoms with Gasteiger partial charge in [-0.05, 0) is 24.3 Å². The van der Waals surface area contributed by atoms with E-state index in [1.165, 1.54) is 24.3 Å². The molecule has 2 aromatic carbocycles. The van der Waals surface area contributed by atoms with E-state index in [0.29, 0.717) is 5.56 Å². The molecule has 3 heteroatoms. The molecule has 0 aliphatic carbocycles. The van der Waals surface area contributed by atoms with E-state index in [-0.39, 0.29) is 17.1 Å². The van der Waals surface area contributed by atoms with Gasteiger partial charge in [-0.15, -0.1) is 0 Å². The van der Waals surface area contributed by atoms with Crippen molar-refractivity contribution in [2.24, 2.45) is 0 Å². The van der Waals surface area contributed by atoms with E-state index in [1.807, 2.05) is 0 Å². The summed E-state index contributed by atoms with van der Waals surface area (Å²) in [4.78, 5) is 0. The molecule has 2 rings (SSSR count). The summed E-state index contributed by atoms with van der Waals surface area (Å²) in [6, 6.07) is 10.1. The summed E-state index contributed by atoms with van der Waals surface area (Å²) in [5.74, 6) is -0.498. The van der Waals surface area contributed by atoms with Gasteiger partial charge in [0.15, 0.2) is 0 Å². The summed E-state index contributed by atoms with van der Waals surface area (Å²) in [7, 11) is 0. The molecule has 0 atom stereocenters. The average molecular weight is 204 g/mol. The fraction of sp³-hybridized carbons (Fsp3) is 0. The van der Waals surface area contributed by atoms with Crippen molar-refractivity contribution in [2.45, 2.75) is 0 Å². The van der Waals surface area contributed by atoms with Gasteiger partial charge in [-0.1, -0.05) is 18.2 Å². The first-order valence-electron chi connectivity index (χ1n) is 4.45. The van der Waals surface area contributed by atoms with E-state index in [4.69, 9.17) is 0 Å². The van der Waals surface area contributed by atoms with Crippen molar-refractivity contribution in [2.75, 3.05) is 0 Å². The fourth-order valence-electron chi connectivity index (χ4n) is 1.43. The highest BCUT2D eigenvalue weighted by atomic mass is 19.1. The second kappa shape index (κ2) is 3.61. The van der Waals surface area contributed by atoms with Gasteiger partial charge in [-0.2, -0.15) is 0 Å². The van der Waals surface area contributed by atoms with E-state index in [2.05, 4.69) is 0 Å². The number of hydrogen-bond donors (Lipinski definition) is 2. The molecule has 2 nitrogen and oxygen atoms in total. The van der Waals surface area contributed by atoms with Crippen LogP contribution in [0, 0.1) is 5.82 Å². The number of aromatic hydroxyl groups is 2. The zero-order valence-corrected chi connectivity index (χ0v) is 7.81. The highest BCUT2D eigenvalue weighted by Gasteiger charge is 2.08. The number of rotatable bonds is 1. The lowest BCUT2D eigenvalue weighted by atomic mass is 10.0. The van der Waals surface area contributed by atoms with E-state index < -0.39 is 5.82 Å². The number of hydrogen-bond acceptors (Lipinski definition) is 2. The summed E-state index contributed by atoms with van der Waals surface area (Å²) in [5.41, 5.74) is 0.697. The van der Waals surface area contributed by atoms with Gasteiger partial charge in [0.25, 0.3) is 0 Å². The number of para-hydroxylation sites is 1. The van der Waals surface area contributed by atoms with Gasteiger partial charge in [0.1, 0.15) is 17.3 Å². The minimum absolute atomic E-state index is 0.0124. The van der Waals surface area contributed by atoms with Crippen LogP contribution in [0.25, 0.3) is 11.1 Å². The van der Waals surface area contributed by atoms with Gasteiger partial charge in [0.2, 0.25) is 0 Å². The molecule has 0 unspecified atom stereocenters. The standard InChI is InChI=1S/C12H9FO2/c13-8-5-6-12(15)10(7-8)9-3-1-2-4-11(9)14/h1-7,14-15H. The summed E-state index contributed by atoms with van der Waals surface area (Å²) in [5, 5.41) is 19.1. The van der Waals surface area contributed by atoms with Crippen molar-refractivity contribution in [3.63, 3.8) is 0 Å². The molecule has 0 aliphatic rings. The Morgan fingerprint density at radius 1 is 0.800 bits per heavy atom. The van der Waals surface area contributed by atoms with Crippen molar-refractivity contribution in [1.82, 2.24) is 0 Å². The molecule has 0 spiro atoms. The van der Waals surface area contributed by atoms with Crippen molar-refractivity contribution < 1.29 is 14.6 Å². The van der Waals surface area contributed by atoms with Crippen molar-refractivity contribution in [3.05, 3.63) is 48.3 Å². The van der Waals surface area contributed by atoms with Crippen LogP contribution >= 0.6 is 0 Å². The Balaban J connectivity index is 2.64. The molecule has 0 bridgehead atoms. The Kier molecular flexibility index (Phi) is 2.29. The second-order valence-electron chi connectivity index (χ2n) is 3.18. The van der Waals surface area contributed by atoms with E-state index in [9.17, 15) is 14.6 Å². The molecule has 2 N–H and O–H groups in total.